The molecule has 0 N–H and O–H groups in total. The summed E-state index contributed by atoms with van der Waals surface area (Å²) in [6.45, 7) is 4.53. The predicted octanol–water partition coefficient (Wildman–Crippen LogP) is 3.17. The van der Waals surface area contributed by atoms with E-state index in [4.69, 9.17) is 4.74 Å². The third-order valence-corrected chi connectivity index (χ3v) is 4.36. The molecule has 0 spiro atoms. The smallest absolute Gasteiger partial charge is 0.152 e. The highest BCUT2D eigenvalue weighted by Crippen LogP contribution is 2.39. The summed E-state index contributed by atoms with van der Waals surface area (Å²) in [6.07, 6.45) is 1.67. The van der Waals surface area contributed by atoms with Crippen LogP contribution in [0.15, 0.2) is 30.3 Å². The largest absolute Gasteiger partial charge is 0.375 e. The van der Waals surface area contributed by atoms with Crippen molar-refractivity contribution >= 4 is 11.6 Å². The molecule has 20 heavy (non-hydrogen) atoms. The molecular formula is C17H22O3. The number of ether oxygens (including phenoxy) is 1. The highest BCUT2D eigenvalue weighted by molar-refractivity contribution is 6.14. The molecular weight excluding hydrogens is 252 g/mol. The van der Waals surface area contributed by atoms with Crippen LogP contribution < -0.4 is 0 Å². The van der Waals surface area contributed by atoms with Crippen LogP contribution in [0.2, 0.25) is 0 Å². The third kappa shape index (κ3) is 2.68. The van der Waals surface area contributed by atoms with E-state index in [0.717, 1.165) is 12.0 Å². The molecule has 3 nitrogen and oxygen atoms in total. The van der Waals surface area contributed by atoms with Gasteiger partial charge < -0.3 is 4.74 Å². The van der Waals surface area contributed by atoms with E-state index in [2.05, 4.69) is 0 Å². The molecule has 2 rings (SSSR count). The first kappa shape index (κ1) is 14.9. The first-order valence-electron chi connectivity index (χ1n) is 7.33. The monoisotopic (exact) mass is 274 g/mol. The van der Waals surface area contributed by atoms with Gasteiger partial charge in [0.15, 0.2) is 5.78 Å². The molecule has 0 heterocycles. The van der Waals surface area contributed by atoms with Crippen molar-refractivity contribution in [2.45, 2.75) is 39.7 Å². The summed E-state index contributed by atoms with van der Waals surface area (Å²) in [6, 6.07) is 9.81. The Hall–Kier alpha value is -1.48. The van der Waals surface area contributed by atoms with Gasteiger partial charge in [-0.1, -0.05) is 44.2 Å². The van der Waals surface area contributed by atoms with E-state index in [1.807, 2.05) is 44.2 Å². The summed E-state index contributed by atoms with van der Waals surface area (Å²) in [5.74, 6) is 0.0354. The lowest BCUT2D eigenvalue weighted by atomic mass is 9.81. The zero-order chi connectivity index (χ0) is 14.6. The molecule has 0 radical (unpaired) electrons. The predicted molar refractivity (Wildman–Crippen MR) is 77.2 cm³/mol. The molecule has 0 amide bonds. The second-order valence-electron chi connectivity index (χ2n) is 5.51. The van der Waals surface area contributed by atoms with Gasteiger partial charge in [0.05, 0.1) is 13.2 Å². The summed E-state index contributed by atoms with van der Waals surface area (Å²) < 4.78 is 5.69. The standard InChI is InChI=1S/C17H22O3/c1-3-14-10-15(18)17(4-2,16(14)19)12-20-11-13-8-6-5-7-9-13/h5-9,14H,3-4,10-12H2,1-2H3/t14-,17+/m0/s1. The van der Waals surface area contributed by atoms with Gasteiger partial charge in [0.2, 0.25) is 0 Å². The minimum absolute atomic E-state index is 0.0601. The molecule has 1 aromatic carbocycles. The Bertz CT molecular complexity index is 480. The average molecular weight is 274 g/mol. The van der Waals surface area contributed by atoms with Crippen molar-refractivity contribution in [2.75, 3.05) is 6.61 Å². The third-order valence-electron chi connectivity index (χ3n) is 4.36. The van der Waals surface area contributed by atoms with Crippen molar-refractivity contribution in [3.8, 4) is 0 Å². The first-order valence-corrected chi connectivity index (χ1v) is 7.33. The van der Waals surface area contributed by atoms with Crippen LogP contribution in [0, 0.1) is 11.3 Å². The van der Waals surface area contributed by atoms with Gasteiger partial charge in [0.1, 0.15) is 11.2 Å². The molecule has 1 aliphatic rings. The summed E-state index contributed by atoms with van der Waals surface area (Å²) in [5.41, 5.74) is 0.166. The molecule has 0 bridgehead atoms. The summed E-state index contributed by atoms with van der Waals surface area (Å²) in [4.78, 5) is 24.7. The fourth-order valence-electron chi connectivity index (χ4n) is 2.91. The van der Waals surface area contributed by atoms with E-state index in [9.17, 15) is 9.59 Å². The molecule has 0 aromatic heterocycles. The topological polar surface area (TPSA) is 43.4 Å². The first-order chi connectivity index (χ1) is 9.64. The number of carbonyl (C=O) groups excluding carboxylic acids is 2. The van der Waals surface area contributed by atoms with Crippen LogP contribution >= 0.6 is 0 Å². The van der Waals surface area contributed by atoms with Crippen LogP contribution in [0.25, 0.3) is 0 Å². The van der Waals surface area contributed by atoms with Crippen LogP contribution in [0.3, 0.4) is 0 Å². The van der Waals surface area contributed by atoms with Crippen LogP contribution in [-0.4, -0.2) is 18.2 Å². The van der Waals surface area contributed by atoms with E-state index in [-0.39, 0.29) is 24.1 Å². The lowest BCUT2D eigenvalue weighted by Gasteiger charge is -2.24. The van der Waals surface area contributed by atoms with Gasteiger partial charge in [-0.15, -0.1) is 0 Å². The average Bonchev–Trinajstić information content (AvgIpc) is 2.72. The maximum Gasteiger partial charge on any atom is 0.152 e. The zero-order valence-corrected chi connectivity index (χ0v) is 12.2. The lowest BCUT2D eigenvalue weighted by molar-refractivity contribution is -0.140. The minimum Gasteiger partial charge on any atom is -0.375 e. The van der Waals surface area contributed by atoms with Crippen LogP contribution in [0.1, 0.15) is 38.7 Å². The molecule has 1 fully saturated rings. The quantitative estimate of drug-likeness (QED) is 0.748. The second kappa shape index (κ2) is 6.31. The van der Waals surface area contributed by atoms with Gasteiger partial charge in [0.25, 0.3) is 0 Å². The number of benzene rings is 1. The van der Waals surface area contributed by atoms with Crippen LogP contribution in [-0.2, 0) is 20.9 Å². The Morgan fingerprint density at radius 1 is 1.20 bits per heavy atom. The van der Waals surface area contributed by atoms with E-state index in [1.165, 1.54) is 0 Å². The lowest BCUT2D eigenvalue weighted by Crippen LogP contribution is -2.38. The second-order valence-corrected chi connectivity index (χ2v) is 5.51. The molecule has 108 valence electrons. The van der Waals surface area contributed by atoms with E-state index in [1.54, 1.807) is 0 Å². The maximum atomic E-state index is 12.4. The number of hydrogen-bond acceptors (Lipinski definition) is 3. The van der Waals surface area contributed by atoms with Crippen LogP contribution in [0.4, 0.5) is 0 Å². The van der Waals surface area contributed by atoms with Crippen molar-refractivity contribution in [1.82, 2.24) is 0 Å². The Morgan fingerprint density at radius 3 is 2.45 bits per heavy atom. The van der Waals surface area contributed by atoms with E-state index < -0.39 is 5.41 Å². The van der Waals surface area contributed by atoms with E-state index in [0.29, 0.717) is 19.4 Å². The fourth-order valence-corrected chi connectivity index (χ4v) is 2.91. The number of rotatable bonds is 6. The molecule has 1 saturated carbocycles. The molecule has 2 atom stereocenters. The van der Waals surface area contributed by atoms with Crippen molar-refractivity contribution < 1.29 is 14.3 Å². The minimum atomic E-state index is -0.893. The Balaban J connectivity index is 2.01. The van der Waals surface area contributed by atoms with Crippen molar-refractivity contribution in [1.29, 1.82) is 0 Å². The number of Topliss-reactive ketones (excluding diaryl/α,β-unsaturated/α-hetero) is 2. The molecule has 0 saturated heterocycles. The molecule has 1 aliphatic carbocycles. The normalized spacial score (nSPS) is 26.2. The number of carbonyl (C=O) groups is 2. The maximum absolute atomic E-state index is 12.4. The van der Waals surface area contributed by atoms with Crippen molar-refractivity contribution in [2.24, 2.45) is 11.3 Å². The van der Waals surface area contributed by atoms with Gasteiger partial charge in [-0.3, -0.25) is 9.59 Å². The summed E-state index contributed by atoms with van der Waals surface area (Å²) >= 11 is 0. The Kier molecular flexibility index (Phi) is 4.71. The molecule has 3 heteroatoms. The van der Waals surface area contributed by atoms with Gasteiger partial charge in [-0.25, -0.2) is 0 Å². The molecule has 1 aromatic rings. The Morgan fingerprint density at radius 2 is 1.90 bits per heavy atom. The summed E-state index contributed by atoms with van der Waals surface area (Å²) in [5, 5.41) is 0. The van der Waals surface area contributed by atoms with Gasteiger partial charge in [0, 0.05) is 12.3 Å². The van der Waals surface area contributed by atoms with Gasteiger partial charge in [-0.2, -0.15) is 0 Å². The highest BCUT2D eigenvalue weighted by Gasteiger charge is 2.52. The van der Waals surface area contributed by atoms with E-state index >= 15 is 0 Å². The van der Waals surface area contributed by atoms with Crippen molar-refractivity contribution in [3.63, 3.8) is 0 Å². The highest BCUT2D eigenvalue weighted by atomic mass is 16.5. The fraction of sp³-hybridized carbons (Fsp3) is 0.529. The molecule has 0 aliphatic heterocycles. The zero-order valence-electron chi connectivity index (χ0n) is 12.2. The Labute approximate surface area is 120 Å². The molecule has 0 unspecified atom stereocenters. The number of hydrogen-bond donors (Lipinski definition) is 0. The van der Waals surface area contributed by atoms with Crippen LogP contribution in [0.5, 0.6) is 0 Å². The van der Waals surface area contributed by atoms with Gasteiger partial charge >= 0.3 is 0 Å². The van der Waals surface area contributed by atoms with Crippen molar-refractivity contribution in [3.05, 3.63) is 35.9 Å². The van der Waals surface area contributed by atoms with Gasteiger partial charge in [-0.05, 0) is 18.4 Å². The number of ketones is 2. The summed E-state index contributed by atoms with van der Waals surface area (Å²) in [7, 11) is 0. The SMILES string of the molecule is CC[C@H]1CC(=O)[C@@](CC)(COCc2ccccc2)C1=O.